The van der Waals surface area contributed by atoms with Gasteiger partial charge in [-0.15, -0.1) is 0 Å². The van der Waals surface area contributed by atoms with E-state index in [2.05, 4.69) is 0 Å². The third-order valence-electron chi connectivity index (χ3n) is 3.59. The second-order valence-electron chi connectivity index (χ2n) is 4.97. The summed E-state index contributed by atoms with van der Waals surface area (Å²) in [6.45, 7) is 2.96. The Labute approximate surface area is 101 Å². The van der Waals surface area contributed by atoms with Gasteiger partial charge in [0.2, 0.25) is 0 Å². The molecule has 0 saturated carbocycles. The van der Waals surface area contributed by atoms with E-state index in [1.165, 1.54) is 0 Å². The number of rotatable bonds is 2. The van der Waals surface area contributed by atoms with Gasteiger partial charge in [0, 0.05) is 13.1 Å². The van der Waals surface area contributed by atoms with Gasteiger partial charge in [-0.3, -0.25) is 9.59 Å². The minimum atomic E-state index is -0.803. The van der Waals surface area contributed by atoms with Crippen molar-refractivity contribution in [3.05, 3.63) is 0 Å². The number of carboxylic acid groups (broad SMARTS) is 1. The fraction of sp³-hybridized carbons (Fsp3) is 0.833. The zero-order valence-corrected chi connectivity index (χ0v) is 10.1. The molecule has 1 unspecified atom stereocenters. The third-order valence-corrected chi connectivity index (χ3v) is 3.59. The molecule has 2 rings (SSSR count). The number of nitrogens with zero attached hydrogens (tertiary/aromatic N) is 1. The summed E-state index contributed by atoms with van der Waals surface area (Å²) in [6.07, 6.45) is 2.90. The van der Waals surface area contributed by atoms with Gasteiger partial charge in [-0.25, -0.2) is 0 Å². The summed E-state index contributed by atoms with van der Waals surface area (Å²) in [5.41, 5.74) is 0. The minimum Gasteiger partial charge on any atom is -0.481 e. The molecule has 2 saturated heterocycles. The van der Waals surface area contributed by atoms with Crippen LogP contribution in [-0.2, 0) is 14.3 Å². The molecule has 0 aliphatic carbocycles. The Kier molecular flexibility index (Phi) is 3.66. The predicted molar refractivity (Wildman–Crippen MR) is 60.5 cm³/mol. The molecule has 2 aliphatic heterocycles. The van der Waals surface area contributed by atoms with Gasteiger partial charge in [-0.05, 0) is 32.6 Å². The molecule has 5 nitrogen and oxygen atoms in total. The second kappa shape index (κ2) is 5.04. The van der Waals surface area contributed by atoms with Crippen molar-refractivity contribution in [2.45, 2.75) is 44.8 Å². The molecule has 0 aromatic carbocycles. The van der Waals surface area contributed by atoms with Crippen molar-refractivity contribution in [2.75, 3.05) is 13.1 Å². The molecular weight excluding hydrogens is 222 g/mol. The SMILES string of the molecule is C[C@@H]1CC[C@H](C(=O)N2CCCC(C(=O)O)C2)O1. The fourth-order valence-electron chi connectivity index (χ4n) is 2.57. The van der Waals surface area contributed by atoms with Crippen molar-refractivity contribution < 1.29 is 19.4 Å². The summed E-state index contributed by atoms with van der Waals surface area (Å²) in [5, 5.41) is 8.98. The molecule has 2 aliphatic rings. The van der Waals surface area contributed by atoms with Gasteiger partial charge < -0.3 is 14.7 Å². The quantitative estimate of drug-likeness (QED) is 0.779. The van der Waals surface area contributed by atoms with Crippen molar-refractivity contribution in [1.82, 2.24) is 4.90 Å². The first-order valence-corrected chi connectivity index (χ1v) is 6.25. The maximum atomic E-state index is 12.1. The first kappa shape index (κ1) is 12.4. The van der Waals surface area contributed by atoms with Crippen LogP contribution in [0.1, 0.15) is 32.6 Å². The third kappa shape index (κ3) is 2.77. The average molecular weight is 241 g/mol. The largest absolute Gasteiger partial charge is 0.481 e. The van der Waals surface area contributed by atoms with Crippen LogP contribution >= 0.6 is 0 Å². The Balaban J connectivity index is 1.93. The van der Waals surface area contributed by atoms with Crippen LogP contribution in [-0.4, -0.2) is 47.2 Å². The summed E-state index contributed by atoms with van der Waals surface area (Å²) >= 11 is 0. The Morgan fingerprint density at radius 3 is 2.65 bits per heavy atom. The Morgan fingerprint density at radius 2 is 2.06 bits per heavy atom. The molecule has 96 valence electrons. The topological polar surface area (TPSA) is 66.8 Å². The zero-order valence-electron chi connectivity index (χ0n) is 10.1. The van der Waals surface area contributed by atoms with Gasteiger partial charge in [-0.2, -0.15) is 0 Å². The maximum Gasteiger partial charge on any atom is 0.308 e. The predicted octanol–water partition coefficient (Wildman–Crippen LogP) is 0.877. The van der Waals surface area contributed by atoms with E-state index in [1.807, 2.05) is 6.92 Å². The van der Waals surface area contributed by atoms with E-state index >= 15 is 0 Å². The van der Waals surface area contributed by atoms with Crippen LogP contribution in [0, 0.1) is 5.92 Å². The molecule has 0 radical (unpaired) electrons. The smallest absolute Gasteiger partial charge is 0.308 e. The first-order valence-electron chi connectivity index (χ1n) is 6.25. The summed E-state index contributed by atoms with van der Waals surface area (Å²) < 4.78 is 5.53. The van der Waals surface area contributed by atoms with Gasteiger partial charge in [-0.1, -0.05) is 0 Å². The van der Waals surface area contributed by atoms with E-state index in [9.17, 15) is 9.59 Å². The minimum absolute atomic E-state index is 0.0275. The van der Waals surface area contributed by atoms with E-state index in [0.29, 0.717) is 19.5 Å². The average Bonchev–Trinajstić information content (AvgIpc) is 2.75. The normalized spacial score (nSPS) is 33.7. The molecule has 0 bridgehead atoms. The van der Waals surface area contributed by atoms with Gasteiger partial charge in [0.05, 0.1) is 12.0 Å². The number of piperidine rings is 1. The van der Waals surface area contributed by atoms with Crippen LogP contribution in [0.25, 0.3) is 0 Å². The number of aliphatic carboxylic acids is 1. The van der Waals surface area contributed by atoms with E-state index in [-0.39, 0.29) is 18.1 Å². The lowest BCUT2D eigenvalue weighted by molar-refractivity contribution is -0.149. The van der Waals surface area contributed by atoms with Crippen LogP contribution < -0.4 is 0 Å². The monoisotopic (exact) mass is 241 g/mol. The highest BCUT2D eigenvalue weighted by atomic mass is 16.5. The number of carboxylic acids is 1. The van der Waals surface area contributed by atoms with Crippen molar-refractivity contribution in [2.24, 2.45) is 5.92 Å². The highest BCUT2D eigenvalue weighted by Crippen LogP contribution is 2.24. The summed E-state index contributed by atoms with van der Waals surface area (Å²) in [6, 6.07) is 0. The molecule has 17 heavy (non-hydrogen) atoms. The molecular formula is C12H19NO4. The van der Waals surface area contributed by atoms with Gasteiger partial charge in [0.1, 0.15) is 6.10 Å². The van der Waals surface area contributed by atoms with E-state index in [4.69, 9.17) is 9.84 Å². The number of hydrogen-bond donors (Lipinski definition) is 1. The first-order chi connectivity index (χ1) is 8.08. The Bertz CT molecular complexity index is 318. The van der Waals surface area contributed by atoms with Crippen LogP contribution in [0.3, 0.4) is 0 Å². The van der Waals surface area contributed by atoms with Crippen LogP contribution in [0.4, 0.5) is 0 Å². The van der Waals surface area contributed by atoms with E-state index < -0.39 is 11.9 Å². The highest BCUT2D eigenvalue weighted by molar-refractivity contribution is 5.82. The summed E-state index contributed by atoms with van der Waals surface area (Å²) in [4.78, 5) is 24.7. The molecule has 0 aromatic heterocycles. The number of amides is 1. The van der Waals surface area contributed by atoms with E-state index in [1.54, 1.807) is 4.90 Å². The number of carbonyl (C=O) groups excluding carboxylic acids is 1. The molecule has 3 atom stereocenters. The zero-order chi connectivity index (χ0) is 12.4. The lowest BCUT2D eigenvalue weighted by Crippen LogP contribution is -2.46. The maximum absolute atomic E-state index is 12.1. The lowest BCUT2D eigenvalue weighted by Gasteiger charge is -2.32. The molecule has 5 heteroatoms. The molecule has 0 spiro atoms. The highest BCUT2D eigenvalue weighted by Gasteiger charge is 2.35. The molecule has 1 N–H and O–H groups in total. The van der Waals surface area contributed by atoms with Crippen molar-refractivity contribution >= 4 is 11.9 Å². The Morgan fingerprint density at radius 1 is 1.29 bits per heavy atom. The summed E-state index contributed by atoms with van der Waals surface area (Å²) in [7, 11) is 0. The standard InChI is InChI=1S/C12H19NO4/c1-8-4-5-10(17-8)11(14)13-6-2-3-9(7-13)12(15)16/h8-10H,2-7H2,1H3,(H,15,16)/t8-,9?,10-/m1/s1. The number of hydrogen-bond acceptors (Lipinski definition) is 3. The van der Waals surface area contributed by atoms with Crippen molar-refractivity contribution in [3.63, 3.8) is 0 Å². The number of carbonyl (C=O) groups is 2. The lowest BCUT2D eigenvalue weighted by atomic mass is 9.97. The molecule has 0 aromatic rings. The molecule has 2 fully saturated rings. The van der Waals surface area contributed by atoms with Crippen LogP contribution in [0.2, 0.25) is 0 Å². The molecule has 1 amide bonds. The van der Waals surface area contributed by atoms with Crippen LogP contribution in [0.5, 0.6) is 0 Å². The Hall–Kier alpha value is -1.10. The fourth-order valence-corrected chi connectivity index (χ4v) is 2.57. The number of likely N-dealkylation sites (tertiary alicyclic amines) is 1. The second-order valence-corrected chi connectivity index (χ2v) is 4.97. The van der Waals surface area contributed by atoms with Gasteiger partial charge in [0.15, 0.2) is 0 Å². The van der Waals surface area contributed by atoms with E-state index in [0.717, 1.165) is 19.3 Å². The van der Waals surface area contributed by atoms with Crippen molar-refractivity contribution in [1.29, 1.82) is 0 Å². The van der Waals surface area contributed by atoms with Crippen molar-refractivity contribution in [3.8, 4) is 0 Å². The van der Waals surface area contributed by atoms with Crippen LogP contribution in [0.15, 0.2) is 0 Å². The van der Waals surface area contributed by atoms with Gasteiger partial charge in [0.25, 0.3) is 5.91 Å². The number of ether oxygens (including phenoxy) is 1. The molecule has 2 heterocycles. The summed E-state index contributed by atoms with van der Waals surface area (Å²) in [5.74, 6) is -1.24. The van der Waals surface area contributed by atoms with Gasteiger partial charge >= 0.3 is 5.97 Å².